The van der Waals surface area contributed by atoms with Gasteiger partial charge in [-0.3, -0.25) is 14.5 Å². The molecule has 0 radical (unpaired) electrons. The van der Waals surface area contributed by atoms with Crippen LogP contribution in [-0.2, 0) is 0 Å². The predicted octanol–water partition coefficient (Wildman–Crippen LogP) is 5.47. The number of carbonyl (C=O) groups is 1. The Hall–Kier alpha value is -3.97. The molecule has 1 aliphatic heterocycles. The molecule has 3 aromatic carbocycles. The first-order valence-corrected chi connectivity index (χ1v) is 11.3. The van der Waals surface area contributed by atoms with Gasteiger partial charge >= 0.3 is 0 Å². The summed E-state index contributed by atoms with van der Waals surface area (Å²) in [6.07, 6.45) is 0. The van der Waals surface area contributed by atoms with E-state index in [1.807, 2.05) is 61.5 Å². The number of methoxy groups -OCH3 is 1. The van der Waals surface area contributed by atoms with Crippen LogP contribution in [0.15, 0.2) is 75.9 Å². The van der Waals surface area contributed by atoms with Gasteiger partial charge in [0.1, 0.15) is 11.3 Å². The molecular formula is C26H18N2O4S. The van der Waals surface area contributed by atoms with Crippen LogP contribution in [0, 0.1) is 6.92 Å². The maximum atomic E-state index is 13.7. The molecule has 33 heavy (non-hydrogen) atoms. The first-order chi connectivity index (χ1) is 16.0. The number of thiazole rings is 1. The molecule has 0 saturated heterocycles. The molecule has 0 saturated carbocycles. The second kappa shape index (κ2) is 7.28. The van der Waals surface area contributed by atoms with Crippen LogP contribution in [0.25, 0.3) is 21.2 Å². The highest BCUT2D eigenvalue weighted by molar-refractivity contribution is 7.22. The number of aromatic nitrogens is 1. The van der Waals surface area contributed by atoms with E-state index in [1.165, 1.54) is 11.3 Å². The zero-order valence-electron chi connectivity index (χ0n) is 17.9. The number of amides is 1. The maximum Gasteiger partial charge on any atom is 0.297 e. The van der Waals surface area contributed by atoms with Gasteiger partial charge in [0.15, 0.2) is 10.6 Å². The van der Waals surface area contributed by atoms with Gasteiger partial charge in [-0.2, -0.15) is 0 Å². The fourth-order valence-corrected chi connectivity index (χ4v) is 5.38. The van der Waals surface area contributed by atoms with E-state index in [-0.39, 0.29) is 17.1 Å². The van der Waals surface area contributed by atoms with Gasteiger partial charge in [0.25, 0.3) is 5.91 Å². The van der Waals surface area contributed by atoms with Crippen molar-refractivity contribution in [1.82, 2.24) is 4.98 Å². The zero-order valence-corrected chi connectivity index (χ0v) is 18.7. The SMILES string of the molecule is COc1ccc2nc(N3C(=O)c4oc5ccc(C)cc5c(=O)c4C3c3ccccc3)sc2c1. The molecule has 0 N–H and O–H groups in total. The Bertz CT molecular complexity index is 1620. The molecule has 162 valence electrons. The highest BCUT2D eigenvalue weighted by Crippen LogP contribution is 2.43. The number of fused-ring (bicyclic) bond motifs is 3. The molecule has 6 rings (SSSR count). The highest BCUT2D eigenvalue weighted by atomic mass is 32.1. The second-order valence-electron chi connectivity index (χ2n) is 7.99. The lowest BCUT2D eigenvalue weighted by Gasteiger charge is -2.22. The minimum absolute atomic E-state index is 0.0713. The van der Waals surface area contributed by atoms with Crippen molar-refractivity contribution in [3.05, 3.63) is 99.4 Å². The number of aryl methyl sites for hydroxylation is 1. The minimum Gasteiger partial charge on any atom is -0.497 e. The van der Waals surface area contributed by atoms with E-state index >= 15 is 0 Å². The summed E-state index contributed by atoms with van der Waals surface area (Å²) in [5.41, 5.74) is 3.09. The van der Waals surface area contributed by atoms with Gasteiger partial charge in [0.05, 0.1) is 34.3 Å². The van der Waals surface area contributed by atoms with Crippen molar-refractivity contribution in [3.8, 4) is 5.75 Å². The molecular weight excluding hydrogens is 436 g/mol. The van der Waals surface area contributed by atoms with Crippen molar-refractivity contribution in [2.45, 2.75) is 13.0 Å². The number of benzene rings is 3. The number of hydrogen-bond donors (Lipinski definition) is 0. The summed E-state index contributed by atoms with van der Waals surface area (Å²) in [5.74, 6) is 0.415. The van der Waals surface area contributed by atoms with Crippen LogP contribution in [-0.4, -0.2) is 18.0 Å². The second-order valence-corrected chi connectivity index (χ2v) is 9.00. The summed E-state index contributed by atoms with van der Waals surface area (Å²) in [4.78, 5) is 33.6. The van der Waals surface area contributed by atoms with Crippen molar-refractivity contribution in [3.63, 3.8) is 0 Å². The van der Waals surface area contributed by atoms with E-state index in [2.05, 4.69) is 0 Å². The molecule has 6 nitrogen and oxygen atoms in total. The van der Waals surface area contributed by atoms with Gasteiger partial charge < -0.3 is 9.15 Å². The number of anilines is 1. The van der Waals surface area contributed by atoms with Gasteiger partial charge in [-0.25, -0.2) is 4.98 Å². The Labute approximate surface area is 192 Å². The fourth-order valence-electron chi connectivity index (χ4n) is 4.36. The number of hydrogen-bond acceptors (Lipinski definition) is 6. The van der Waals surface area contributed by atoms with Crippen molar-refractivity contribution in [2.24, 2.45) is 0 Å². The van der Waals surface area contributed by atoms with Gasteiger partial charge in [-0.05, 0) is 42.8 Å². The normalized spacial score (nSPS) is 15.4. The Kier molecular flexibility index (Phi) is 4.35. The van der Waals surface area contributed by atoms with Crippen LogP contribution < -0.4 is 15.1 Å². The van der Waals surface area contributed by atoms with E-state index in [0.717, 1.165) is 21.3 Å². The summed E-state index contributed by atoms with van der Waals surface area (Å²) >= 11 is 1.38. The van der Waals surface area contributed by atoms with Crippen LogP contribution in [0.2, 0.25) is 0 Å². The third-order valence-corrected chi connectivity index (χ3v) is 6.95. The minimum atomic E-state index is -0.627. The number of nitrogens with zero attached hydrogens (tertiary/aromatic N) is 2. The smallest absolute Gasteiger partial charge is 0.297 e. The molecule has 3 heterocycles. The van der Waals surface area contributed by atoms with Crippen LogP contribution in [0.5, 0.6) is 5.75 Å². The molecule has 2 aromatic heterocycles. The third-order valence-electron chi connectivity index (χ3n) is 5.93. The fraction of sp³-hybridized carbons (Fsp3) is 0.115. The Morgan fingerprint density at radius 2 is 1.85 bits per heavy atom. The van der Waals surface area contributed by atoms with E-state index in [9.17, 15) is 9.59 Å². The summed E-state index contributed by atoms with van der Waals surface area (Å²) in [6.45, 7) is 1.92. The molecule has 1 atom stereocenters. The molecule has 7 heteroatoms. The maximum absolute atomic E-state index is 13.7. The average molecular weight is 455 g/mol. The van der Waals surface area contributed by atoms with Crippen molar-refractivity contribution >= 4 is 43.6 Å². The third kappa shape index (κ3) is 2.97. The van der Waals surface area contributed by atoms with Crippen molar-refractivity contribution in [1.29, 1.82) is 0 Å². The lowest BCUT2D eigenvalue weighted by atomic mass is 9.98. The Morgan fingerprint density at radius 3 is 2.64 bits per heavy atom. The standard InChI is InChI=1S/C26H18N2O4S/c1-14-8-11-19-17(12-14)23(29)21-22(15-6-4-3-5-7-15)28(25(30)24(21)32-19)26-27-18-10-9-16(31-2)13-20(18)33-26/h3-13,22H,1-2H3. The van der Waals surface area contributed by atoms with Crippen LogP contribution in [0.3, 0.4) is 0 Å². The molecule has 1 aliphatic rings. The molecule has 0 spiro atoms. The first-order valence-electron chi connectivity index (χ1n) is 10.5. The Morgan fingerprint density at radius 1 is 1.03 bits per heavy atom. The van der Waals surface area contributed by atoms with Gasteiger partial charge in [0.2, 0.25) is 5.76 Å². The quantitative estimate of drug-likeness (QED) is 0.361. The van der Waals surface area contributed by atoms with Crippen molar-refractivity contribution in [2.75, 3.05) is 12.0 Å². The van der Waals surface area contributed by atoms with Crippen LogP contribution in [0.1, 0.15) is 33.3 Å². The average Bonchev–Trinajstić information content (AvgIpc) is 3.38. The van der Waals surface area contributed by atoms with Gasteiger partial charge in [0, 0.05) is 0 Å². The number of rotatable bonds is 3. The van der Waals surface area contributed by atoms with Gasteiger partial charge in [-0.1, -0.05) is 53.3 Å². The predicted molar refractivity (Wildman–Crippen MR) is 128 cm³/mol. The number of ether oxygens (including phenoxy) is 1. The molecule has 0 fully saturated rings. The summed E-state index contributed by atoms with van der Waals surface area (Å²) in [6, 6.07) is 19.9. The highest BCUT2D eigenvalue weighted by Gasteiger charge is 2.44. The summed E-state index contributed by atoms with van der Waals surface area (Å²) in [7, 11) is 1.61. The zero-order chi connectivity index (χ0) is 22.7. The van der Waals surface area contributed by atoms with E-state index in [0.29, 0.717) is 27.4 Å². The molecule has 0 aliphatic carbocycles. The van der Waals surface area contributed by atoms with Crippen molar-refractivity contribution < 1.29 is 13.9 Å². The Balaban J connectivity index is 1.62. The number of carbonyl (C=O) groups excluding carboxylic acids is 1. The van der Waals surface area contributed by atoms with E-state index < -0.39 is 6.04 Å². The first kappa shape index (κ1) is 19.7. The lowest BCUT2D eigenvalue weighted by Crippen LogP contribution is -2.29. The summed E-state index contributed by atoms with van der Waals surface area (Å²) < 4.78 is 12.3. The van der Waals surface area contributed by atoms with E-state index in [1.54, 1.807) is 24.1 Å². The van der Waals surface area contributed by atoms with E-state index in [4.69, 9.17) is 14.1 Å². The largest absolute Gasteiger partial charge is 0.497 e. The monoisotopic (exact) mass is 454 g/mol. The van der Waals surface area contributed by atoms with Crippen LogP contribution >= 0.6 is 11.3 Å². The molecule has 5 aromatic rings. The van der Waals surface area contributed by atoms with Gasteiger partial charge in [-0.15, -0.1) is 0 Å². The summed E-state index contributed by atoms with van der Waals surface area (Å²) in [5, 5.41) is 0.974. The lowest BCUT2D eigenvalue weighted by molar-refractivity contribution is 0.0971. The molecule has 1 amide bonds. The molecule has 1 unspecified atom stereocenters. The van der Waals surface area contributed by atoms with Crippen LogP contribution in [0.4, 0.5) is 5.13 Å². The molecule has 0 bridgehead atoms. The topological polar surface area (TPSA) is 72.6 Å².